The molecule has 0 bridgehead atoms. The van der Waals surface area contributed by atoms with E-state index < -0.39 is 14.4 Å². The molecule has 1 amide bonds. The molecule has 9 nitrogen and oxygen atoms in total. The van der Waals surface area contributed by atoms with E-state index in [1.165, 1.54) is 12.4 Å². The number of hydrogen-bond acceptors (Lipinski definition) is 7. The molecule has 0 aliphatic heterocycles. The van der Waals surface area contributed by atoms with E-state index in [0.29, 0.717) is 24.2 Å². The van der Waals surface area contributed by atoms with Crippen LogP contribution in [0.25, 0.3) is 0 Å². The molecule has 10 heteroatoms. The Morgan fingerprint density at radius 3 is 2.74 bits per heavy atom. The summed E-state index contributed by atoms with van der Waals surface area (Å²) in [5.74, 6) is -0.0377. The van der Waals surface area contributed by atoms with Gasteiger partial charge in [0.15, 0.2) is 0 Å². The van der Waals surface area contributed by atoms with Gasteiger partial charge in [0, 0.05) is 30.6 Å². The summed E-state index contributed by atoms with van der Waals surface area (Å²) in [4.78, 5) is 29.2. The van der Waals surface area contributed by atoms with Gasteiger partial charge in [0.2, 0.25) is 5.88 Å². The lowest BCUT2D eigenvalue weighted by atomic mass is 10.1. The van der Waals surface area contributed by atoms with E-state index in [4.69, 9.17) is 14.2 Å². The van der Waals surface area contributed by atoms with E-state index in [-0.39, 0.29) is 30.4 Å². The van der Waals surface area contributed by atoms with E-state index in [1.807, 2.05) is 6.07 Å². The molecule has 1 aromatic carbocycles. The first-order valence-electron chi connectivity index (χ1n) is 8.40. The van der Waals surface area contributed by atoms with Gasteiger partial charge in [0.1, 0.15) is 18.2 Å². The zero-order valence-electron chi connectivity index (χ0n) is 14.3. The molecule has 3 N–H and O–H groups in total. The number of nitrogens with zero attached hydrogens (tertiary/aromatic N) is 2. The number of aromatic nitrogens is 2. The second kappa shape index (κ2) is 9.05. The van der Waals surface area contributed by atoms with Crippen molar-refractivity contribution in [2.24, 2.45) is 5.92 Å². The molecule has 3 rings (SSSR count). The molecule has 1 heterocycles. The molecule has 1 aliphatic rings. The van der Waals surface area contributed by atoms with Gasteiger partial charge in [-0.1, -0.05) is 18.2 Å². The number of anilines is 1. The van der Waals surface area contributed by atoms with Gasteiger partial charge in [-0.2, -0.15) is 0 Å². The van der Waals surface area contributed by atoms with Crippen LogP contribution in [0.2, 0.25) is 0 Å². The topological polar surface area (TPSA) is 131 Å². The SMILES string of the molecule is O=C(Nc1cc(O[C@@H]2C[C@H](CO)[C@@H](O[PH](=O)O)C2)ncn1)c1ccccc1. The molecule has 144 valence electrons. The van der Waals surface area contributed by atoms with E-state index in [9.17, 15) is 14.5 Å². The van der Waals surface area contributed by atoms with E-state index >= 15 is 0 Å². The third kappa shape index (κ3) is 5.33. The highest BCUT2D eigenvalue weighted by Crippen LogP contribution is 2.35. The minimum Gasteiger partial charge on any atom is -0.474 e. The lowest BCUT2D eigenvalue weighted by Gasteiger charge is -2.14. The van der Waals surface area contributed by atoms with Gasteiger partial charge in [-0.15, -0.1) is 0 Å². The number of aliphatic hydroxyl groups excluding tert-OH is 1. The van der Waals surface area contributed by atoms with Crippen molar-refractivity contribution in [3.05, 3.63) is 48.3 Å². The normalized spacial score (nSPS) is 23.0. The first-order chi connectivity index (χ1) is 13.0. The van der Waals surface area contributed by atoms with Gasteiger partial charge in [-0.3, -0.25) is 9.36 Å². The zero-order chi connectivity index (χ0) is 19.2. The van der Waals surface area contributed by atoms with Gasteiger partial charge in [0.25, 0.3) is 5.91 Å². The largest absolute Gasteiger partial charge is 0.474 e. The van der Waals surface area contributed by atoms with Crippen LogP contribution < -0.4 is 10.1 Å². The summed E-state index contributed by atoms with van der Waals surface area (Å²) in [5.41, 5.74) is 0.499. The summed E-state index contributed by atoms with van der Waals surface area (Å²) >= 11 is 0. The zero-order valence-corrected chi connectivity index (χ0v) is 15.3. The van der Waals surface area contributed by atoms with Gasteiger partial charge in [0.05, 0.1) is 6.10 Å². The molecule has 2 aromatic rings. The maximum absolute atomic E-state index is 12.2. The van der Waals surface area contributed by atoms with Gasteiger partial charge in [-0.05, 0) is 18.6 Å². The number of benzene rings is 1. The lowest BCUT2D eigenvalue weighted by Crippen LogP contribution is -2.18. The number of ether oxygens (including phenoxy) is 1. The average Bonchev–Trinajstić information content (AvgIpc) is 3.03. The van der Waals surface area contributed by atoms with E-state index in [0.717, 1.165) is 0 Å². The molecule has 0 spiro atoms. The number of amides is 1. The van der Waals surface area contributed by atoms with Crippen LogP contribution in [-0.2, 0) is 9.09 Å². The van der Waals surface area contributed by atoms with Crippen LogP contribution in [0.3, 0.4) is 0 Å². The van der Waals surface area contributed by atoms with Crippen LogP contribution in [0, 0.1) is 5.92 Å². The molecule has 1 unspecified atom stereocenters. The Balaban J connectivity index is 1.62. The monoisotopic (exact) mass is 393 g/mol. The fourth-order valence-corrected chi connectivity index (χ4v) is 3.57. The Hall–Kier alpha value is -2.32. The average molecular weight is 393 g/mol. The molecular formula is C17H20N3O6P. The molecule has 1 fully saturated rings. The molecule has 27 heavy (non-hydrogen) atoms. The first kappa shape index (κ1) is 19.4. The molecule has 0 radical (unpaired) electrons. The van der Waals surface area contributed by atoms with E-state index in [1.54, 1.807) is 24.3 Å². The maximum atomic E-state index is 12.2. The molecule has 1 saturated carbocycles. The molecule has 1 aliphatic carbocycles. The Kier molecular flexibility index (Phi) is 6.52. The van der Waals surface area contributed by atoms with Crippen molar-refractivity contribution in [3.8, 4) is 5.88 Å². The van der Waals surface area contributed by atoms with Crippen LogP contribution in [0.5, 0.6) is 5.88 Å². The first-order valence-corrected chi connectivity index (χ1v) is 9.67. The second-order valence-corrected chi connectivity index (χ2v) is 6.91. The molecular weight excluding hydrogens is 373 g/mol. The van der Waals surface area contributed by atoms with Gasteiger partial charge < -0.3 is 24.6 Å². The predicted octanol–water partition coefficient (Wildman–Crippen LogP) is 1.65. The second-order valence-electron chi connectivity index (χ2n) is 6.14. The Labute approximate surface area is 156 Å². The third-order valence-corrected chi connectivity index (χ3v) is 4.78. The Bertz CT molecular complexity index is 806. The quantitative estimate of drug-likeness (QED) is 0.605. The smallest absolute Gasteiger partial charge is 0.316 e. The van der Waals surface area contributed by atoms with Crippen molar-refractivity contribution in [1.29, 1.82) is 0 Å². The Morgan fingerprint density at radius 1 is 1.26 bits per heavy atom. The third-order valence-electron chi connectivity index (χ3n) is 4.28. The standard InChI is InChI=1S/C17H20N3O6P/c21-9-12-6-13(7-14(12)26-27(23)24)25-16-8-15(18-10-19-16)20-17(22)11-4-2-1-3-5-11/h1-5,8,10,12-14,21,27H,6-7,9H2,(H,23,24)(H,18,19,20,22)/t12-,13-,14+/m1/s1. The van der Waals surface area contributed by atoms with Crippen LogP contribution in [0.15, 0.2) is 42.7 Å². The summed E-state index contributed by atoms with van der Waals surface area (Å²) in [7, 11) is -3.09. The number of carbonyl (C=O) groups excluding carboxylic acids is 1. The highest BCUT2D eigenvalue weighted by Gasteiger charge is 2.37. The fourth-order valence-electron chi connectivity index (χ4n) is 3.02. The highest BCUT2D eigenvalue weighted by molar-refractivity contribution is 7.32. The molecule has 0 saturated heterocycles. The van der Waals surface area contributed by atoms with E-state index in [2.05, 4.69) is 15.3 Å². The fraction of sp³-hybridized carbons (Fsp3) is 0.353. The maximum Gasteiger partial charge on any atom is 0.316 e. The number of hydrogen-bond donors (Lipinski definition) is 3. The highest BCUT2D eigenvalue weighted by atomic mass is 31.1. The summed E-state index contributed by atoms with van der Waals surface area (Å²) in [6.07, 6.45) is 1.22. The summed E-state index contributed by atoms with van der Waals surface area (Å²) < 4.78 is 21.7. The Morgan fingerprint density at radius 2 is 2.04 bits per heavy atom. The van der Waals surface area contributed by atoms with Crippen molar-refractivity contribution in [2.45, 2.75) is 25.0 Å². The van der Waals surface area contributed by atoms with Crippen molar-refractivity contribution in [3.63, 3.8) is 0 Å². The van der Waals surface area contributed by atoms with Crippen LogP contribution in [0.4, 0.5) is 5.82 Å². The number of nitrogens with one attached hydrogen (secondary N) is 1. The predicted molar refractivity (Wildman–Crippen MR) is 96.7 cm³/mol. The number of carbonyl (C=O) groups is 1. The molecule has 4 atom stereocenters. The number of rotatable bonds is 7. The minimum absolute atomic E-state index is 0.165. The van der Waals surface area contributed by atoms with Crippen LogP contribution >= 0.6 is 8.25 Å². The minimum atomic E-state index is -3.09. The number of aliphatic hydroxyl groups is 1. The molecule has 1 aromatic heterocycles. The lowest BCUT2D eigenvalue weighted by molar-refractivity contribution is 0.102. The summed E-state index contributed by atoms with van der Waals surface area (Å²) in [6.45, 7) is -0.165. The van der Waals surface area contributed by atoms with Crippen molar-refractivity contribution < 1.29 is 28.6 Å². The van der Waals surface area contributed by atoms with Crippen LogP contribution in [0.1, 0.15) is 23.2 Å². The van der Waals surface area contributed by atoms with Crippen LogP contribution in [-0.4, -0.2) is 44.7 Å². The van der Waals surface area contributed by atoms with Crippen molar-refractivity contribution in [2.75, 3.05) is 11.9 Å². The summed E-state index contributed by atoms with van der Waals surface area (Å²) in [6, 6.07) is 10.2. The van der Waals surface area contributed by atoms with Gasteiger partial charge >= 0.3 is 8.25 Å². The van der Waals surface area contributed by atoms with Gasteiger partial charge in [-0.25, -0.2) is 9.97 Å². The summed E-state index contributed by atoms with van der Waals surface area (Å²) in [5, 5.41) is 12.1. The van der Waals surface area contributed by atoms with Crippen molar-refractivity contribution >= 4 is 20.0 Å². The van der Waals surface area contributed by atoms with Crippen molar-refractivity contribution in [1.82, 2.24) is 9.97 Å².